The van der Waals surface area contributed by atoms with Gasteiger partial charge in [-0.3, -0.25) is 0 Å². The van der Waals surface area contributed by atoms with Crippen molar-refractivity contribution < 1.29 is 14.3 Å². The monoisotopic (exact) mass is 423 g/mol. The number of thiophene rings is 1. The third-order valence-electron chi connectivity index (χ3n) is 5.15. The van der Waals surface area contributed by atoms with Crippen LogP contribution in [0.15, 0.2) is 60.1 Å². The summed E-state index contributed by atoms with van der Waals surface area (Å²) in [4.78, 5) is 22.3. The quantitative estimate of drug-likeness (QED) is 0.584. The number of nitrogens with one attached hydrogen (secondary N) is 3. The number of amides is 2. The number of nitrogens with zero attached hydrogens (tertiary/aromatic N) is 2. The van der Waals surface area contributed by atoms with Crippen LogP contribution in [0, 0.1) is 0 Å². The van der Waals surface area contributed by atoms with Crippen molar-refractivity contribution in [3.8, 4) is 10.6 Å². The van der Waals surface area contributed by atoms with E-state index in [4.69, 9.17) is 9.47 Å². The van der Waals surface area contributed by atoms with E-state index in [0.29, 0.717) is 19.2 Å². The number of carbonyl (C=O) groups excluding carboxylic acids is 1. The maximum absolute atomic E-state index is 12.3. The molecule has 1 aromatic carbocycles. The highest BCUT2D eigenvalue weighted by atomic mass is 32.1. The van der Waals surface area contributed by atoms with E-state index in [0.717, 1.165) is 16.3 Å². The van der Waals surface area contributed by atoms with E-state index in [-0.39, 0.29) is 30.3 Å². The lowest BCUT2D eigenvalue weighted by Crippen LogP contribution is -2.46. The number of carbonyl (C=O) groups is 1. The molecule has 4 unspecified atom stereocenters. The molecule has 4 heterocycles. The molecule has 0 bridgehead atoms. The lowest BCUT2D eigenvalue weighted by molar-refractivity contribution is 0.0683. The van der Waals surface area contributed by atoms with Crippen molar-refractivity contribution >= 4 is 29.0 Å². The molecule has 3 N–H and O–H groups in total. The van der Waals surface area contributed by atoms with Crippen LogP contribution < -0.4 is 16.0 Å². The maximum atomic E-state index is 12.3. The Morgan fingerprint density at radius 1 is 1.00 bits per heavy atom. The van der Waals surface area contributed by atoms with Gasteiger partial charge in [0, 0.05) is 11.9 Å². The highest BCUT2D eigenvalue weighted by Crippen LogP contribution is 2.29. The molecule has 30 heavy (non-hydrogen) atoms. The minimum Gasteiger partial charge on any atom is -0.371 e. The zero-order valence-corrected chi connectivity index (χ0v) is 16.8. The Morgan fingerprint density at radius 3 is 2.60 bits per heavy atom. The lowest BCUT2D eigenvalue weighted by atomic mass is 10.1. The predicted octanol–water partition coefficient (Wildman–Crippen LogP) is 2.97. The number of para-hydroxylation sites is 1. The van der Waals surface area contributed by atoms with E-state index < -0.39 is 0 Å². The summed E-state index contributed by atoms with van der Waals surface area (Å²) in [6, 6.07) is 14.7. The van der Waals surface area contributed by atoms with Gasteiger partial charge in [0.2, 0.25) is 5.95 Å². The SMILES string of the molecule is O=C(Nc1ccccc1)NC1COC2C(Nc3nccc(-c4cccs4)n3)COC12. The Bertz CT molecular complexity index is 1000. The Morgan fingerprint density at radius 2 is 1.80 bits per heavy atom. The summed E-state index contributed by atoms with van der Waals surface area (Å²) < 4.78 is 11.9. The molecule has 2 aliphatic heterocycles. The number of hydrogen-bond acceptors (Lipinski definition) is 7. The van der Waals surface area contributed by atoms with Crippen LogP contribution in [0.4, 0.5) is 16.4 Å². The molecule has 0 radical (unpaired) electrons. The number of hydrogen-bond donors (Lipinski definition) is 3. The fourth-order valence-corrected chi connectivity index (χ4v) is 4.45. The van der Waals surface area contributed by atoms with Crippen molar-refractivity contribution in [2.45, 2.75) is 24.3 Å². The summed E-state index contributed by atoms with van der Waals surface area (Å²) >= 11 is 1.64. The fourth-order valence-electron chi connectivity index (χ4n) is 3.76. The molecule has 3 aromatic rings. The molecule has 2 fully saturated rings. The molecule has 8 nitrogen and oxygen atoms in total. The van der Waals surface area contributed by atoms with Gasteiger partial charge in [-0.1, -0.05) is 24.3 Å². The third kappa shape index (κ3) is 4.00. The highest BCUT2D eigenvalue weighted by molar-refractivity contribution is 7.13. The van der Waals surface area contributed by atoms with Crippen LogP contribution >= 0.6 is 11.3 Å². The average Bonchev–Trinajstić information content (AvgIpc) is 3.50. The standard InChI is InChI=1S/C21H21N5O3S/c27-21(23-13-5-2-1-3-6-13)26-16-12-29-18-15(11-28-19(16)18)25-20-22-9-8-14(24-20)17-7-4-10-30-17/h1-10,15-16,18-19H,11-12H2,(H,22,24,25)(H2,23,26,27). The van der Waals surface area contributed by atoms with Crippen molar-refractivity contribution in [2.24, 2.45) is 0 Å². The topological polar surface area (TPSA) is 97.4 Å². The summed E-state index contributed by atoms with van der Waals surface area (Å²) in [5.74, 6) is 0.539. The number of rotatable bonds is 5. The Labute approximate surface area is 177 Å². The van der Waals surface area contributed by atoms with Crippen molar-refractivity contribution in [1.29, 1.82) is 0 Å². The molecule has 5 rings (SSSR count). The molecule has 9 heteroatoms. The van der Waals surface area contributed by atoms with Gasteiger partial charge in [-0.15, -0.1) is 11.3 Å². The number of ether oxygens (including phenoxy) is 2. The molecular weight excluding hydrogens is 402 g/mol. The minimum absolute atomic E-state index is 0.0856. The van der Waals surface area contributed by atoms with Crippen molar-refractivity contribution in [1.82, 2.24) is 15.3 Å². The Kier molecular flexibility index (Phi) is 5.31. The Balaban J connectivity index is 1.20. The first kappa shape index (κ1) is 19.0. The van der Waals surface area contributed by atoms with E-state index in [1.54, 1.807) is 17.5 Å². The predicted molar refractivity (Wildman–Crippen MR) is 115 cm³/mol. The maximum Gasteiger partial charge on any atom is 0.319 e. The van der Waals surface area contributed by atoms with Crippen LogP contribution in [0.2, 0.25) is 0 Å². The van der Waals surface area contributed by atoms with Gasteiger partial charge in [-0.05, 0) is 29.6 Å². The smallest absolute Gasteiger partial charge is 0.319 e. The first-order chi connectivity index (χ1) is 14.8. The van der Waals surface area contributed by atoms with Crippen molar-refractivity contribution in [3.05, 3.63) is 60.1 Å². The van der Waals surface area contributed by atoms with Gasteiger partial charge in [0.25, 0.3) is 0 Å². The number of anilines is 2. The normalized spacial score (nSPS) is 24.9. The zero-order chi connectivity index (χ0) is 20.3. The summed E-state index contributed by atoms with van der Waals surface area (Å²) in [7, 11) is 0. The van der Waals surface area contributed by atoms with E-state index in [1.165, 1.54) is 0 Å². The van der Waals surface area contributed by atoms with E-state index in [2.05, 4.69) is 25.9 Å². The molecular formula is C21H21N5O3S. The molecule has 2 amide bonds. The lowest BCUT2D eigenvalue weighted by Gasteiger charge is -2.18. The second kappa shape index (κ2) is 8.39. The summed E-state index contributed by atoms with van der Waals surface area (Å²) in [5, 5.41) is 11.1. The largest absolute Gasteiger partial charge is 0.371 e. The number of aromatic nitrogens is 2. The zero-order valence-electron chi connectivity index (χ0n) is 16.0. The van der Waals surface area contributed by atoms with Gasteiger partial charge >= 0.3 is 6.03 Å². The van der Waals surface area contributed by atoms with Crippen LogP contribution in [-0.4, -0.2) is 53.5 Å². The summed E-state index contributed by atoms with van der Waals surface area (Å²) in [6.07, 6.45) is 1.34. The molecule has 4 atom stereocenters. The van der Waals surface area contributed by atoms with Gasteiger partial charge in [-0.25, -0.2) is 14.8 Å². The van der Waals surface area contributed by atoms with E-state index in [1.807, 2.05) is 53.9 Å². The van der Waals surface area contributed by atoms with E-state index >= 15 is 0 Å². The van der Waals surface area contributed by atoms with Crippen LogP contribution in [0.3, 0.4) is 0 Å². The molecule has 2 saturated heterocycles. The first-order valence-corrected chi connectivity index (χ1v) is 10.6. The molecule has 2 aromatic heterocycles. The molecule has 154 valence electrons. The highest BCUT2D eigenvalue weighted by Gasteiger charge is 2.48. The van der Waals surface area contributed by atoms with E-state index in [9.17, 15) is 4.79 Å². The summed E-state index contributed by atoms with van der Waals surface area (Å²) in [6.45, 7) is 0.853. The van der Waals surface area contributed by atoms with Crippen molar-refractivity contribution in [2.75, 3.05) is 23.8 Å². The first-order valence-electron chi connectivity index (χ1n) is 9.75. The van der Waals surface area contributed by atoms with Crippen molar-refractivity contribution in [3.63, 3.8) is 0 Å². The van der Waals surface area contributed by atoms with Gasteiger partial charge in [0.05, 0.1) is 35.9 Å². The fraction of sp³-hybridized carbons (Fsp3) is 0.286. The van der Waals surface area contributed by atoms with Gasteiger partial charge in [0.1, 0.15) is 12.2 Å². The number of fused-ring (bicyclic) bond motifs is 1. The minimum atomic E-state index is -0.276. The molecule has 0 saturated carbocycles. The second-order valence-corrected chi connectivity index (χ2v) is 8.11. The van der Waals surface area contributed by atoms with Crippen LogP contribution in [-0.2, 0) is 9.47 Å². The molecule has 0 aliphatic carbocycles. The average molecular weight is 423 g/mol. The second-order valence-electron chi connectivity index (χ2n) is 7.16. The Hall–Kier alpha value is -3.01. The molecule has 2 aliphatic rings. The molecule has 0 spiro atoms. The van der Waals surface area contributed by atoms with Gasteiger partial charge < -0.3 is 25.4 Å². The van der Waals surface area contributed by atoms with Crippen LogP contribution in [0.5, 0.6) is 0 Å². The number of benzene rings is 1. The van der Waals surface area contributed by atoms with Crippen LogP contribution in [0.1, 0.15) is 0 Å². The third-order valence-corrected chi connectivity index (χ3v) is 6.04. The van der Waals surface area contributed by atoms with Gasteiger partial charge in [0.15, 0.2) is 0 Å². The van der Waals surface area contributed by atoms with Crippen LogP contribution in [0.25, 0.3) is 10.6 Å². The summed E-state index contributed by atoms with van der Waals surface area (Å²) in [5.41, 5.74) is 1.61. The number of urea groups is 1. The van der Waals surface area contributed by atoms with Gasteiger partial charge in [-0.2, -0.15) is 0 Å².